The van der Waals surface area contributed by atoms with Crippen LogP contribution in [0.3, 0.4) is 0 Å². The summed E-state index contributed by atoms with van der Waals surface area (Å²) >= 11 is 3.07. The molecule has 128 valence electrons. The Bertz CT molecular complexity index is 764. The van der Waals surface area contributed by atoms with E-state index in [4.69, 9.17) is 4.74 Å². The lowest BCUT2D eigenvalue weighted by molar-refractivity contribution is -0.196. The molecule has 1 atom stereocenters. The first-order chi connectivity index (χ1) is 11.2. The first-order valence-electron chi connectivity index (χ1n) is 7.49. The highest BCUT2D eigenvalue weighted by Crippen LogP contribution is 2.57. The van der Waals surface area contributed by atoms with Crippen LogP contribution in [0.15, 0.2) is 52.7 Å². The van der Waals surface area contributed by atoms with E-state index in [9.17, 15) is 17.6 Å². The zero-order valence-corrected chi connectivity index (χ0v) is 14.5. The van der Waals surface area contributed by atoms with Gasteiger partial charge < -0.3 is 4.74 Å². The molecule has 0 saturated heterocycles. The number of fused-ring (bicyclic) bond motifs is 2. The minimum absolute atomic E-state index is 0.140. The van der Waals surface area contributed by atoms with Crippen molar-refractivity contribution >= 4 is 21.5 Å². The quantitative estimate of drug-likeness (QED) is 0.440. The molecule has 2 aliphatic rings. The molecule has 0 heterocycles. The Labute approximate surface area is 145 Å². The van der Waals surface area contributed by atoms with E-state index in [1.165, 1.54) is 12.1 Å². The van der Waals surface area contributed by atoms with Crippen molar-refractivity contribution in [3.05, 3.63) is 63.9 Å². The summed E-state index contributed by atoms with van der Waals surface area (Å²) in [5, 5.41) is 0. The monoisotopic (exact) mass is 402 g/mol. The second-order valence-electron chi connectivity index (χ2n) is 5.80. The van der Waals surface area contributed by atoms with Crippen LogP contribution in [-0.4, -0.2) is 12.5 Å². The summed E-state index contributed by atoms with van der Waals surface area (Å²) in [6, 6.07) is 4.08. The van der Waals surface area contributed by atoms with E-state index in [0.717, 1.165) is 6.07 Å². The van der Waals surface area contributed by atoms with Gasteiger partial charge in [0.1, 0.15) is 0 Å². The summed E-state index contributed by atoms with van der Waals surface area (Å²) < 4.78 is 63.9. The molecule has 0 saturated carbocycles. The largest absolute Gasteiger partial charge is 0.498 e. The average molecular weight is 403 g/mol. The molecule has 1 aromatic rings. The Hall–Kier alpha value is -1.56. The van der Waals surface area contributed by atoms with Crippen LogP contribution in [0.2, 0.25) is 0 Å². The van der Waals surface area contributed by atoms with Crippen molar-refractivity contribution in [2.75, 3.05) is 6.61 Å². The normalized spacial score (nSPS) is 23.5. The van der Waals surface area contributed by atoms with Crippen molar-refractivity contribution in [2.24, 2.45) is 5.92 Å². The van der Waals surface area contributed by atoms with Crippen molar-refractivity contribution in [3.8, 4) is 0 Å². The van der Waals surface area contributed by atoms with Crippen LogP contribution >= 0.6 is 15.9 Å². The van der Waals surface area contributed by atoms with Crippen LogP contribution in [-0.2, 0) is 10.7 Å². The van der Waals surface area contributed by atoms with E-state index in [2.05, 4.69) is 22.5 Å². The number of allylic oxidation sites excluding steroid dienone is 4. The van der Waals surface area contributed by atoms with Gasteiger partial charge in [-0.05, 0) is 36.6 Å². The molecule has 6 heteroatoms. The average Bonchev–Trinajstić information content (AvgIpc) is 2.53. The third-order valence-electron chi connectivity index (χ3n) is 4.37. The smallest absolute Gasteiger partial charge is 0.340 e. The van der Waals surface area contributed by atoms with Crippen molar-refractivity contribution < 1.29 is 22.3 Å². The first-order valence-corrected chi connectivity index (χ1v) is 8.29. The fourth-order valence-electron chi connectivity index (χ4n) is 3.14. The van der Waals surface area contributed by atoms with Gasteiger partial charge in [0.25, 0.3) is 0 Å². The summed E-state index contributed by atoms with van der Waals surface area (Å²) in [4.78, 5) is 0. The van der Waals surface area contributed by atoms with E-state index >= 15 is 0 Å². The molecule has 1 nitrogen and oxygen atoms in total. The molecule has 3 rings (SSSR count). The molecule has 0 aromatic heterocycles. The van der Waals surface area contributed by atoms with E-state index in [1.807, 2.05) is 0 Å². The van der Waals surface area contributed by atoms with Gasteiger partial charge >= 0.3 is 11.8 Å². The summed E-state index contributed by atoms with van der Waals surface area (Å²) in [5.74, 6) is -8.76. The van der Waals surface area contributed by atoms with Gasteiger partial charge in [0.2, 0.25) is 0 Å². The standard InChI is InChI=1S/C18H15BrF4O/c1-3-24-10(2)11-4-6-13-14-7-5-12(19)9-16(14)18(22,23)17(20,21)15(13)8-11/h4-7,9,11H,2-3,8H2,1H3. The molecule has 0 spiro atoms. The molecule has 2 aliphatic carbocycles. The van der Waals surface area contributed by atoms with Gasteiger partial charge in [-0.25, -0.2) is 0 Å². The van der Waals surface area contributed by atoms with Gasteiger partial charge in [-0.15, -0.1) is 0 Å². The Morgan fingerprint density at radius 1 is 1.29 bits per heavy atom. The van der Waals surface area contributed by atoms with E-state index in [0.29, 0.717) is 16.8 Å². The summed E-state index contributed by atoms with van der Waals surface area (Å²) in [6.07, 6.45) is 2.93. The number of hydrogen-bond donors (Lipinski definition) is 0. The van der Waals surface area contributed by atoms with Crippen molar-refractivity contribution in [2.45, 2.75) is 25.2 Å². The molecule has 0 fully saturated rings. The fourth-order valence-corrected chi connectivity index (χ4v) is 3.50. The van der Waals surface area contributed by atoms with E-state index in [-0.39, 0.29) is 17.6 Å². The summed E-state index contributed by atoms with van der Waals surface area (Å²) in [6.45, 7) is 5.81. The minimum atomic E-state index is -4.27. The number of alkyl halides is 4. The third kappa shape index (κ3) is 2.42. The Morgan fingerprint density at radius 3 is 2.67 bits per heavy atom. The maximum Gasteiger partial charge on any atom is 0.340 e. The van der Waals surface area contributed by atoms with Crippen molar-refractivity contribution in [1.29, 1.82) is 0 Å². The third-order valence-corrected chi connectivity index (χ3v) is 4.86. The van der Waals surface area contributed by atoms with Crippen molar-refractivity contribution in [1.82, 2.24) is 0 Å². The Morgan fingerprint density at radius 2 is 2.00 bits per heavy atom. The molecule has 0 N–H and O–H groups in total. The van der Waals surface area contributed by atoms with Crippen LogP contribution in [0.1, 0.15) is 24.5 Å². The minimum Gasteiger partial charge on any atom is -0.498 e. The van der Waals surface area contributed by atoms with Gasteiger partial charge in [-0.1, -0.05) is 40.7 Å². The zero-order valence-electron chi connectivity index (χ0n) is 12.9. The van der Waals surface area contributed by atoms with Crippen LogP contribution in [0.25, 0.3) is 5.57 Å². The summed E-state index contributed by atoms with van der Waals surface area (Å²) in [7, 11) is 0. The topological polar surface area (TPSA) is 9.23 Å². The highest BCUT2D eigenvalue weighted by atomic mass is 79.9. The predicted octanol–water partition coefficient (Wildman–Crippen LogP) is 6.07. The maximum absolute atomic E-state index is 14.6. The first kappa shape index (κ1) is 17.3. The van der Waals surface area contributed by atoms with Crippen LogP contribution in [0.4, 0.5) is 17.6 Å². The number of ether oxygens (including phenoxy) is 1. The number of rotatable bonds is 3. The molecule has 1 aromatic carbocycles. The molecule has 1 unspecified atom stereocenters. The molecule has 0 radical (unpaired) electrons. The molecule has 24 heavy (non-hydrogen) atoms. The van der Waals surface area contributed by atoms with Gasteiger partial charge in [0.15, 0.2) is 0 Å². The summed E-state index contributed by atoms with van der Waals surface area (Å²) in [5.41, 5.74) is -0.919. The second-order valence-corrected chi connectivity index (χ2v) is 6.72. The van der Waals surface area contributed by atoms with Gasteiger partial charge in [0, 0.05) is 21.5 Å². The van der Waals surface area contributed by atoms with Crippen LogP contribution in [0.5, 0.6) is 0 Å². The van der Waals surface area contributed by atoms with E-state index in [1.54, 1.807) is 19.1 Å². The van der Waals surface area contributed by atoms with Crippen LogP contribution < -0.4 is 0 Å². The van der Waals surface area contributed by atoms with Gasteiger partial charge in [-0.2, -0.15) is 17.6 Å². The number of halogens is 5. The van der Waals surface area contributed by atoms with Gasteiger partial charge in [-0.3, -0.25) is 0 Å². The maximum atomic E-state index is 14.6. The highest BCUT2D eigenvalue weighted by Gasteiger charge is 2.63. The lowest BCUT2D eigenvalue weighted by Crippen LogP contribution is -2.44. The fraction of sp³-hybridized carbons (Fsp3) is 0.333. The molecular weight excluding hydrogens is 388 g/mol. The Kier molecular flexibility index (Phi) is 4.14. The lowest BCUT2D eigenvalue weighted by atomic mass is 9.74. The van der Waals surface area contributed by atoms with Crippen LogP contribution in [0, 0.1) is 5.92 Å². The Balaban J connectivity index is 2.14. The zero-order chi connectivity index (χ0) is 17.7. The highest BCUT2D eigenvalue weighted by molar-refractivity contribution is 9.10. The van der Waals surface area contributed by atoms with Gasteiger partial charge in [0.05, 0.1) is 12.4 Å². The van der Waals surface area contributed by atoms with Crippen molar-refractivity contribution in [3.63, 3.8) is 0 Å². The second kappa shape index (κ2) is 5.76. The molecule has 0 bridgehead atoms. The SMILES string of the molecule is C=C(OCC)C1C=CC2=C(C1)C(F)(F)C(F)(F)c1cc(Br)ccc12. The predicted molar refractivity (Wildman–Crippen MR) is 87.9 cm³/mol. The lowest BCUT2D eigenvalue weighted by Gasteiger charge is -2.38. The number of hydrogen-bond acceptors (Lipinski definition) is 1. The number of benzene rings is 1. The molecule has 0 aliphatic heterocycles. The molecule has 0 amide bonds. The van der Waals surface area contributed by atoms with E-state index < -0.39 is 28.9 Å². The molecular formula is C18H15BrF4O.